The maximum absolute atomic E-state index is 13.3. The van der Waals surface area contributed by atoms with E-state index < -0.39 is 4.92 Å². The van der Waals surface area contributed by atoms with Crippen LogP contribution in [0.3, 0.4) is 0 Å². The molecule has 3 aromatic rings. The SMILES string of the molecule is CN(C)CCCCN(c1ccccc1C(=O)c1ccccc1)c1ncccc1[N+](=O)[O-]. The van der Waals surface area contributed by atoms with Crippen LogP contribution in [0, 0.1) is 10.1 Å². The molecule has 7 nitrogen and oxygen atoms in total. The van der Waals surface area contributed by atoms with Gasteiger partial charge in [-0.15, -0.1) is 0 Å². The number of nitrogens with zero attached hydrogens (tertiary/aromatic N) is 4. The minimum absolute atomic E-state index is 0.0860. The second-order valence-electron chi connectivity index (χ2n) is 7.48. The molecule has 0 bridgehead atoms. The second-order valence-corrected chi connectivity index (χ2v) is 7.48. The molecule has 0 aliphatic heterocycles. The topological polar surface area (TPSA) is 79.6 Å². The van der Waals surface area contributed by atoms with Crippen LogP contribution in [0.4, 0.5) is 17.2 Å². The molecule has 0 saturated carbocycles. The van der Waals surface area contributed by atoms with Crippen LogP contribution in [0.15, 0.2) is 72.9 Å². The quantitative estimate of drug-likeness (QED) is 0.205. The fraction of sp³-hybridized carbons (Fsp3) is 0.250. The van der Waals surface area contributed by atoms with Crippen LogP contribution in [0.5, 0.6) is 0 Å². The summed E-state index contributed by atoms with van der Waals surface area (Å²) in [5.74, 6) is 0.110. The fourth-order valence-corrected chi connectivity index (χ4v) is 3.42. The van der Waals surface area contributed by atoms with Crippen molar-refractivity contribution in [2.45, 2.75) is 12.8 Å². The predicted octanol–water partition coefficient (Wildman–Crippen LogP) is 4.70. The van der Waals surface area contributed by atoms with Crippen LogP contribution in [0.1, 0.15) is 28.8 Å². The standard InChI is InChI=1S/C24H26N4O3/c1-26(2)17-8-9-18-27(24-22(28(30)31)15-10-16-25-24)21-14-7-6-13-20(21)23(29)19-11-4-3-5-12-19/h3-7,10-16H,8-9,17-18H2,1-2H3. The van der Waals surface area contributed by atoms with Gasteiger partial charge in [0.15, 0.2) is 5.78 Å². The second kappa shape index (κ2) is 10.4. The number of benzene rings is 2. The molecule has 0 spiro atoms. The van der Waals surface area contributed by atoms with Crippen molar-refractivity contribution in [2.24, 2.45) is 0 Å². The van der Waals surface area contributed by atoms with Gasteiger partial charge in [0.25, 0.3) is 0 Å². The Bertz CT molecular complexity index is 1040. The predicted molar refractivity (Wildman–Crippen MR) is 122 cm³/mol. The number of pyridine rings is 1. The molecular formula is C24H26N4O3. The Hall–Kier alpha value is -3.58. The highest BCUT2D eigenvalue weighted by Gasteiger charge is 2.25. The molecule has 0 N–H and O–H groups in total. The zero-order valence-electron chi connectivity index (χ0n) is 17.8. The summed E-state index contributed by atoms with van der Waals surface area (Å²) in [5.41, 5.74) is 1.58. The minimum Gasteiger partial charge on any atom is -0.320 e. The van der Waals surface area contributed by atoms with Gasteiger partial charge < -0.3 is 9.80 Å². The van der Waals surface area contributed by atoms with Crippen LogP contribution < -0.4 is 4.90 Å². The van der Waals surface area contributed by atoms with E-state index >= 15 is 0 Å². The van der Waals surface area contributed by atoms with Crippen molar-refractivity contribution in [3.05, 3.63) is 94.2 Å². The van der Waals surface area contributed by atoms with Gasteiger partial charge >= 0.3 is 5.69 Å². The molecule has 160 valence electrons. The Balaban J connectivity index is 2.04. The number of para-hydroxylation sites is 1. The lowest BCUT2D eigenvalue weighted by molar-refractivity contribution is -0.384. The Morgan fingerprint density at radius 1 is 0.935 bits per heavy atom. The summed E-state index contributed by atoms with van der Waals surface area (Å²) >= 11 is 0. The molecule has 0 amide bonds. The van der Waals surface area contributed by atoms with Crippen LogP contribution in [-0.2, 0) is 0 Å². The molecule has 0 unspecified atom stereocenters. The van der Waals surface area contributed by atoms with Crippen molar-refractivity contribution in [2.75, 3.05) is 32.1 Å². The van der Waals surface area contributed by atoms with E-state index in [9.17, 15) is 14.9 Å². The van der Waals surface area contributed by atoms with Crippen LogP contribution >= 0.6 is 0 Å². The number of rotatable bonds is 10. The number of anilines is 2. The van der Waals surface area contributed by atoms with E-state index in [2.05, 4.69) is 9.88 Å². The Kier molecular flexibility index (Phi) is 7.45. The molecular weight excluding hydrogens is 392 g/mol. The summed E-state index contributed by atoms with van der Waals surface area (Å²) < 4.78 is 0. The van der Waals surface area contributed by atoms with Gasteiger partial charge in [-0.2, -0.15) is 0 Å². The maximum atomic E-state index is 13.3. The summed E-state index contributed by atoms with van der Waals surface area (Å²) in [4.78, 5) is 32.7. The highest BCUT2D eigenvalue weighted by Crippen LogP contribution is 2.34. The molecule has 0 atom stereocenters. The third kappa shape index (κ3) is 5.52. The number of carbonyl (C=O) groups is 1. The van der Waals surface area contributed by atoms with E-state index in [4.69, 9.17) is 0 Å². The summed E-state index contributed by atoms with van der Waals surface area (Å²) in [5, 5.41) is 11.7. The van der Waals surface area contributed by atoms with Gasteiger partial charge in [0.05, 0.1) is 10.6 Å². The number of unbranched alkanes of at least 4 members (excludes halogenated alkanes) is 1. The van der Waals surface area contributed by atoms with Crippen molar-refractivity contribution in [3.8, 4) is 0 Å². The molecule has 0 radical (unpaired) electrons. The van der Waals surface area contributed by atoms with Gasteiger partial charge in [0.2, 0.25) is 5.82 Å². The van der Waals surface area contributed by atoms with Crippen molar-refractivity contribution >= 4 is 23.0 Å². The molecule has 0 fully saturated rings. The average molecular weight is 418 g/mol. The number of nitro groups is 1. The Morgan fingerprint density at radius 3 is 2.32 bits per heavy atom. The van der Waals surface area contributed by atoms with Crippen LogP contribution in [0.25, 0.3) is 0 Å². The number of hydrogen-bond acceptors (Lipinski definition) is 6. The molecule has 1 heterocycles. The first-order valence-corrected chi connectivity index (χ1v) is 10.2. The van der Waals surface area contributed by atoms with Gasteiger partial charge in [-0.05, 0) is 51.7 Å². The third-order valence-corrected chi connectivity index (χ3v) is 4.93. The molecule has 0 saturated heterocycles. The monoisotopic (exact) mass is 418 g/mol. The smallest absolute Gasteiger partial charge is 0.311 e. The van der Waals surface area contributed by atoms with E-state index in [0.29, 0.717) is 23.4 Å². The van der Waals surface area contributed by atoms with Gasteiger partial charge in [-0.3, -0.25) is 14.9 Å². The fourth-order valence-electron chi connectivity index (χ4n) is 3.42. The van der Waals surface area contributed by atoms with Gasteiger partial charge in [-0.25, -0.2) is 4.98 Å². The molecule has 2 aromatic carbocycles. The lowest BCUT2D eigenvalue weighted by atomic mass is 10.0. The van der Waals surface area contributed by atoms with E-state index in [1.54, 1.807) is 35.2 Å². The minimum atomic E-state index is -0.434. The zero-order valence-corrected chi connectivity index (χ0v) is 17.8. The van der Waals surface area contributed by atoms with E-state index in [1.807, 2.05) is 44.4 Å². The van der Waals surface area contributed by atoms with E-state index in [1.165, 1.54) is 12.3 Å². The first kappa shape index (κ1) is 22.1. The van der Waals surface area contributed by atoms with Gasteiger partial charge in [0.1, 0.15) is 0 Å². The largest absolute Gasteiger partial charge is 0.320 e. The molecule has 0 aliphatic carbocycles. The van der Waals surface area contributed by atoms with E-state index in [0.717, 1.165) is 19.4 Å². The molecule has 7 heteroatoms. The Labute approximate surface area is 182 Å². The molecule has 3 rings (SSSR count). The lowest BCUT2D eigenvalue weighted by Gasteiger charge is -2.26. The summed E-state index contributed by atoms with van der Waals surface area (Å²) in [6, 6.07) is 19.2. The van der Waals surface area contributed by atoms with Crippen LogP contribution in [0.2, 0.25) is 0 Å². The highest BCUT2D eigenvalue weighted by molar-refractivity contribution is 6.12. The van der Waals surface area contributed by atoms with Crippen molar-refractivity contribution in [3.63, 3.8) is 0 Å². The number of ketones is 1. The highest BCUT2D eigenvalue weighted by atomic mass is 16.6. The summed E-state index contributed by atoms with van der Waals surface area (Å²) in [6.07, 6.45) is 3.25. The Morgan fingerprint density at radius 2 is 1.61 bits per heavy atom. The van der Waals surface area contributed by atoms with Crippen molar-refractivity contribution < 1.29 is 9.72 Å². The van der Waals surface area contributed by atoms with Gasteiger partial charge in [0, 0.05) is 29.9 Å². The lowest BCUT2D eigenvalue weighted by Crippen LogP contribution is -2.24. The maximum Gasteiger partial charge on any atom is 0.311 e. The van der Waals surface area contributed by atoms with Crippen molar-refractivity contribution in [1.82, 2.24) is 9.88 Å². The van der Waals surface area contributed by atoms with Crippen LogP contribution in [-0.4, -0.2) is 47.8 Å². The third-order valence-electron chi connectivity index (χ3n) is 4.93. The first-order valence-electron chi connectivity index (χ1n) is 10.2. The normalized spacial score (nSPS) is 10.8. The number of carbonyl (C=O) groups excluding carboxylic acids is 1. The zero-order chi connectivity index (χ0) is 22.2. The summed E-state index contributed by atoms with van der Waals surface area (Å²) in [6.45, 7) is 1.41. The van der Waals surface area contributed by atoms with E-state index in [-0.39, 0.29) is 17.3 Å². The van der Waals surface area contributed by atoms with Crippen molar-refractivity contribution in [1.29, 1.82) is 0 Å². The molecule has 1 aromatic heterocycles. The van der Waals surface area contributed by atoms with Gasteiger partial charge in [-0.1, -0.05) is 42.5 Å². The number of aromatic nitrogens is 1. The molecule has 31 heavy (non-hydrogen) atoms. The first-order chi connectivity index (χ1) is 15.0. The average Bonchev–Trinajstić information content (AvgIpc) is 2.79. The summed E-state index contributed by atoms with van der Waals surface area (Å²) in [7, 11) is 4.02. The number of hydrogen-bond donors (Lipinski definition) is 0. The molecule has 0 aliphatic rings.